The van der Waals surface area contributed by atoms with Crippen molar-refractivity contribution in [1.82, 2.24) is 9.97 Å². The van der Waals surface area contributed by atoms with Gasteiger partial charge in [0.25, 0.3) is 0 Å². The number of benzene rings is 2. The monoisotopic (exact) mass is 503 g/mol. The summed E-state index contributed by atoms with van der Waals surface area (Å²) in [5.41, 5.74) is 2.87. The van der Waals surface area contributed by atoms with E-state index in [2.05, 4.69) is 48.1 Å². The Kier molecular flexibility index (Phi) is 6.48. The quantitative estimate of drug-likeness (QED) is 0.279. The largest absolute Gasteiger partial charge is 0.418 e. The van der Waals surface area contributed by atoms with Crippen LogP contribution in [0.2, 0.25) is 0 Å². The maximum Gasteiger partial charge on any atom is 0.418 e. The Hall–Kier alpha value is -3.74. The van der Waals surface area contributed by atoms with Gasteiger partial charge in [0.2, 0.25) is 0 Å². The number of aromatic nitrogens is 2. The van der Waals surface area contributed by atoms with E-state index < -0.39 is 11.7 Å². The second-order valence-electron chi connectivity index (χ2n) is 10.3. The fourth-order valence-corrected chi connectivity index (χ4v) is 4.77. The molecule has 1 fully saturated rings. The molecule has 0 saturated carbocycles. The lowest BCUT2D eigenvalue weighted by Gasteiger charge is -2.28. The highest BCUT2D eigenvalue weighted by atomic mass is 19.4. The summed E-state index contributed by atoms with van der Waals surface area (Å²) in [7, 11) is 0. The van der Waals surface area contributed by atoms with Gasteiger partial charge in [-0.05, 0) is 63.4 Å². The van der Waals surface area contributed by atoms with Crippen LogP contribution in [0, 0.1) is 6.92 Å². The molecular formula is C30H30F3N4+. The first kappa shape index (κ1) is 24.9. The van der Waals surface area contributed by atoms with Crippen LogP contribution >= 0.6 is 0 Å². The Morgan fingerprint density at radius 3 is 2.32 bits per heavy atom. The number of alkyl halides is 3. The van der Waals surface area contributed by atoms with Crippen molar-refractivity contribution in [3.63, 3.8) is 0 Å². The summed E-state index contributed by atoms with van der Waals surface area (Å²) in [4.78, 5) is 11.2. The highest BCUT2D eigenvalue weighted by Gasteiger charge is 2.34. The van der Waals surface area contributed by atoms with E-state index in [9.17, 15) is 13.2 Å². The molecule has 0 atom stereocenters. The van der Waals surface area contributed by atoms with Crippen molar-refractivity contribution in [2.75, 3.05) is 23.3 Å². The Labute approximate surface area is 215 Å². The summed E-state index contributed by atoms with van der Waals surface area (Å²) in [5.74, 6) is 0.819. The third kappa shape index (κ3) is 5.36. The lowest BCUT2D eigenvalue weighted by atomic mass is 9.87. The number of piperidine rings is 1. The molecule has 0 unspecified atom stereocenters. The van der Waals surface area contributed by atoms with Crippen LogP contribution in [0.15, 0.2) is 66.9 Å². The van der Waals surface area contributed by atoms with Gasteiger partial charge < -0.3 is 10.2 Å². The van der Waals surface area contributed by atoms with E-state index in [-0.39, 0.29) is 11.1 Å². The third-order valence-electron chi connectivity index (χ3n) is 6.81. The van der Waals surface area contributed by atoms with Gasteiger partial charge in [0.05, 0.1) is 29.4 Å². The van der Waals surface area contributed by atoms with E-state index in [1.165, 1.54) is 18.7 Å². The molecule has 0 radical (unpaired) electrons. The van der Waals surface area contributed by atoms with E-state index >= 15 is 0 Å². The highest BCUT2D eigenvalue weighted by Crippen LogP contribution is 2.38. The minimum absolute atomic E-state index is 0.0945. The van der Waals surface area contributed by atoms with Crippen molar-refractivity contribution in [2.45, 2.75) is 44.7 Å². The van der Waals surface area contributed by atoms with E-state index in [1.807, 2.05) is 24.3 Å². The fourth-order valence-electron chi connectivity index (χ4n) is 4.77. The summed E-state index contributed by atoms with van der Waals surface area (Å²) in [6.45, 7) is 10.2. The molecule has 1 aliphatic rings. The summed E-state index contributed by atoms with van der Waals surface area (Å²) in [6, 6.07) is 17.8. The van der Waals surface area contributed by atoms with Gasteiger partial charge in [-0.15, -0.1) is 0 Å². The summed E-state index contributed by atoms with van der Waals surface area (Å²) >= 11 is 0. The zero-order valence-corrected chi connectivity index (χ0v) is 21.1. The van der Waals surface area contributed by atoms with Crippen molar-refractivity contribution in [3.8, 4) is 11.3 Å². The van der Waals surface area contributed by atoms with Gasteiger partial charge in [-0.25, -0.2) is 4.98 Å². The Bertz CT molecular complexity index is 1400. The third-order valence-corrected chi connectivity index (χ3v) is 6.81. The first-order valence-electron chi connectivity index (χ1n) is 12.5. The minimum Gasteiger partial charge on any atom is -0.357 e. The average molecular weight is 504 g/mol. The second-order valence-corrected chi connectivity index (χ2v) is 10.3. The number of anilines is 3. The number of pyridine rings is 2. The lowest BCUT2D eigenvalue weighted by molar-refractivity contribution is -0.137. The summed E-state index contributed by atoms with van der Waals surface area (Å²) < 4.78 is 41.1. The van der Waals surface area contributed by atoms with E-state index in [0.717, 1.165) is 60.1 Å². The molecule has 0 spiro atoms. The molecule has 4 nitrogen and oxygen atoms in total. The normalized spacial score (nSPS) is 14.7. The molecule has 0 amide bonds. The van der Waals surface area contributed by atoms with Gasteiger partial charge in [0.1, 0.15) is 11.2 Å². The van der Waals surface area contributed by atoms with Crippen LogP contribution in [0.4, 0.5) is 30.4 Å². The van der Waals surface area contributed by atoms with Crippen LogP contribution in [0.3, 0.4) is 0 Å². The number of rotatable bonds is 5. The Balaban J connectivity index is 1.60. The lowest BCUT2D eigenvalue weighted by Crippen LogP contribution is -2.30. The van der Waals surface area contributed by atoms with E-state index in [4.69, 9.17) is 4.98 Å². The summed E-state index contributed by atoms with van der Waals surface area (Å²) in [5, 5.41) is 4.35. The van der Waals surface area contributed by atoms with Gasteiger partial charge in [0.15, 0.2) is 0 Å². The standard InChI is InChI=1S/C30H30F3N4/c1-29(2,3)21-10-12-22(13-11-21)35-26-19-27(37-16-5-4-6-17-37)36-25-18-20(9-14-23(25)26)28-24(30(31,32)33)8-7-15-34-28/h7-15,18-19H,1,4-6,16-17H2,2-3H3,(H,35,36)/q+1. The molecule has 1 aliphatic heterocycles. The fraction of sp³-hybridized carbons (Fsp3) is 0.300. The van der Waals surface area contributed by atoms with Crippen LogP contribution in [0.25, 0.3) is 22.2 Å². The molecule has 4 aromatic rings. The number of halogens is 3. The van der Waals surface area contributed by atoms with Crippen LogP contribution in [-0.2, 0) is 11.6 Å². The molecule has 2 aromatic carbocycles. The molecule has 5 rings (SSSR count). The number of hydrogen-bond acceptors (Lipinski definition) is 4. The highest BCUT2D eigenvalue weighted by molar-refractivity contribution is 5.97. The van der Waals surface area contributed by atoms with Crippen LogP contribution < -0.4 is 10.2 Å². The van der Waals surface area contributed by atoms with Crippen molar-refractivity contribution < 1.29 is 13.2 Å². The molecule has 2 aromatic heterocycles. The number of fused-ring (bicyclic) bond motifs is 1. The number of hydrogen-bond donors (Lipinski definition) is 1. The van der Waals surface area contributed by atoms with Gasteiger partial charge in [-0.2, -0.15) is 13.2 Å². The number of nitrogens with zero attached hydrogens (tertiary/aromatic N) is 3. The van der Waals surface area contributed by atoms with Crippen LogP contribution in [0.1, 0.15) is 44.2 Å². The average Bonchev–Trinajstić information content (AvgIpc) is 2.88. The molecule has 1 N–H and O–H groups in total. The van der Waals surface area contributed by atoms with Crippen molar-refractivity contribution in [3.05, 3.63) is 84.9 Å². The molecular weight excluding hydrogens is 473 g/mol. The molecule has 37 heavy (non-hydrogen) atoms. The first-order chi connectivity index (χ1) is 17.6. The molecule has 0 bridgehead atoms. The van der Waals surface area contributed by atoms with Gasteiger partial charge >= 0.3 is 6.18 Å². The van der Waals surface area contributed by atoms with E-state index in [1.54, 1.807) is 12.1 Å². The SMILES string of the molecule is [CH2+]C(C)(C)c1ccc(Nc2cc(N3CCCCC3)nc3cc(-c4ncccc4C(F)(F)F)ccc23)cc1. The zero-order valence-electron chi connectivity index (χ0n) is 21.1. The predicted octanol–water partition coefficient (Wildman–Crippen LogP) is 8.16. The van der Waals surface area contributed by atoms with E-state index in [0.29, 0.717) is 11.1 Å². The topological polar surface area (TPSA) is 41.0 Å². The van der Waals surface area contributed by atoms with Crippen molar-refractivity contribution >= 4 is 28.1 Å². The Morgan fingerprint density at radius 1 is 0.919 bits per heavy atom. The summed E-state index contributed by atoms with van der Waals surface area (Å²) in [6.07, 6.45) is 0.259. The van der Waals surface area contributed by atoms with Crippen molar-refractivity contribution in [1.29, 1.82) is 0 Å². The predicted molar refractivity (Wildman–Crippen MR) is 144 cm³/mol. The maximum atomic E-state index is 13.7. The minimum atomic E-state index is -4.50. The molecule has 0 aliphatic carbocycles. The Morgan fingerprint density at radius 2 is 1.65 bits per heavy atom. The maximum absolute atomic E-state index is 13.7. The molecule has 190 valence electrons. The van der Waals surface area contributed by atoms with Gasteiger partial charge in [-0.3, -0.25) is 4.98 Å². The number of nitrogens with one attached hydrogen (secondary N) is 1. The van der Waals surface area contributed by atoms with Gasteiger partial charge in [-0.1, -0.05) is 24.3 Å². The zero-order chi connectivity index (χ0) is 26.2. The van der Waals surface area contributed by atoms with Crippen LogP contribution in [-0.4, -0.2) is 23.1 Å². The molecule has 7 heteroatoms. The molecule has 1 saturated heterocycles. The first-order valence-corrected chi connectivity index (χ1v) is 12.5. The van der Waals surface area contributed by atoms with Crippen molar-refractivity contribution in [2.24, 2.45) is 0 Å². The molecule has 3 heterocycles. The smallest absolute Gasteiger partial charge is 0.357 e. The van der Waals surface area contributed by atoms with Crippen LogP contribution in [0.5, 0.6) is 0 Å². The van der Waals surface area contributed by atoms with Gasteiger partial charge in [0, 0.05) is 47.6 Å². The second kappa shape index (κ2) is 9.61.